The maximum Gasteiger partial charge on any atom is 0.138 e. The van der Waals surface area contributed by atoms with Crippen molar-refractivity contribution in [2.45, 2.75) is 25.1 Å². The predicted octanol–water partition coefficient (Wildman–Crippen LogP) is 3.70. The quantitative estimate of drug-likeness (QED) is 0.845. The minimum atomic E-state index is -1.19. The lowest BCUT2D eigenvalue weighted by molar-refractivity contribution is 0.0520. The van der Waals surface area contributed by atoms with Crippen LogP contribution in [0.1, 0.15) is 24.1 Å². The second kappa shape index (κ2) is 6.20. The van der Waals surface area contributed by atoms with E-state index < -0.39 is 5.67 Å². The van der Waals surface area contributed by atoms with Crippen LogP contribution in [0.2, 0.25) is 0 Å². The fraction of sp³-hybridized carbons (Fsp3) is 0.375. The van der Waals surface area contributed by atoms with E-state index in [9.17, 15) is 0 Å². The first-order chi connectivity index (χ1) is 10.2. The van der Waals surface area contributed by atoms with Crippen molar-refractivity contribution >= 4 is 15.9 Å². The van der Waals surface area contributed by atoms with Crippen molar-refractivity contribution in [3.63, 3.8) is 0 Å². The van der Waals surface area contributed by atoms with Crippen molar-refractivity contribution in [1.29, 1.82) is 0 Å². The standard InChI is InChI=1S/C16H17BrFN3/c17-15-11-19-14(10-20-15)12-21-8-6-16(18,7-9-21)13-4-2-1-3-5-13/h1-5,10-11H,6-9,12H2. The van der Waals surface area contributed by atoms with E-state index in [0.717, 1.165) is 35.5 Å². The highest BCUT2D eigenvalue weighted by Crippen LogP contribution is 2.37. The summed E-state index contributed by atoms with van der Waals surface area (Å²) in [6, 6.07) is 9.50. The van der Waals surface area contributed by atoms with Crippen molar-refractivity contribution in [1.82, 2.24) is 14.9 Å². The molecule has 0 saturated carbocycles. The molecule has 1 aliphatic heterocycles. The highest BCUT2D eigenvalue weighted by atomic mass is 79.9. The fourth-order valence-corrected chi connectivity index (χ4v) is 2.95. The number of likely N-dealkylation sites (tertiary alicyclic amines) is 1. The molecular weight excluding hydrogens is 333 g/mol. The van der Waals surface area contributed by atoms with E-state index in [2.05, 4.69) is 30.8 Å². The van der Waals surface area contributed by atoms with Crippen LogP contribution >= 0.6 is 15.9 Å². The highest BCUT2D eigenvalue weighted by Gasteiger charge is 2.36. The van der Waals surface area contributed by atoms with E-state index in [4.69, 9.17) is 0 Å². The molecule has 0 bridgehead atoms. The number of halogens is 2. The molecule has 3 rings (SSSR count). The Morgan fingerprint density at radius 2 is 1.81 bits per heavy atom. The molecule has 0 spiro atoms. The fourth-order valence-electron chi connectivity index (χ4n) is 2.74. The van der Waals surface area contributed by atoms with Gasteiger partial charge in [-0.3, -0.25) is 9.88 Å². The Morgan fingerprint density at radius 1 is 1.10 bits per heavy atom. The molecule has 1 aromatic carbocycles. The van der Waals surface area contributed by atoms with Gasteiger partial charge in [-0.05, 0) is 34.3 Å². The first-order valence-electron chi connectivity index (χ1n) is 7.09. The Hall–Kier alpha value is -1.33. The topological polar surface area (TPSA) is 29.0 Å². The summed E-state index contributed by atoms with van der Waals surface area (Å²) in [6.45, 7) is 2.21. The van der Waals surface area contributed by atoms with E-state index in [1.54, 1.807) is 12.4 Å². The van der Waals surface area contributed by atoms with Crippen molar-refractivity contribution in [3.8, 4) is 0 Å². The second-order valence-electron chi connectivity index (χ2n) is 5.44. The number of rotatable bonds is 3. The Balaban J connectivity index is 1.61. The van der Waals surface area contributed by atoms with Gasteiger partial charge in [-0.15, -0.1) is 0 Å². The zero-order valence-corrected chi connectivity index (χ0v) is 13.3. The number of hydrogen-bond donors (Lipinski definition) is 0. The monoisotopic (exact) mass is 349 g/mol. The van der Waals surface area contributed by atoms with Crippen LogP contribution in [-0.2, 0) is 12.2 Å². The number of nitrogens with zero attached hydrogens (tertiary/aromatic N) is 3. The lowest BCUT2D eigenvalue weighted by Crippen LogP contribution is -2.39. The van der Waals surface area contributed by atoms with E-state index in [0.29, 0.717) is 12.8 Å². The van der Waals surface area contributed by atoms with Crippen LogP contribution in [0.3, 0.4) is 0 Å². The first kappa shape index (κ1) is 14.6. The summed E-state index contributed by atoms with van der Waals surface area (Å²) >= 11 is 3.27. The minimum absolute atomic E-state index is 0.529. The number of alkyl halides is 1. The van der Waals surface area contributed by atoms with Gasteiger partial charge in [0.25, 0.3) is 0 Å². The molecule has 110 valence electrons. The summed E-state index contributed by atoms with van der Waals surface area (Å²) in [5, 5.41) is 0. The average Bonchev–Trinajstić information content (AvgIpc) is 2.53. The molecule has 1 saturated heterocycles. The minimum Gasteiger partial charge on any atom is -0.297 e. The highest BCUT2D eigenvalue weighted by molar-refractivity contribution is 9.10. The second-order valence-corrected chi connectivity index (χ2v) is 6.25. The summed E-state index contributed by atoms with van der Waals surface area (Å²) in [7, 11) is 0. The number of hydrogen-bond acceptors (Lipinski definition) is 3. The molecule has 21 heavy (non-hydrogen) atoms. The van der Waals surface area contributed by atoms with Crippen LogP contribution in [0.4, 0.5) is 4.39 Å². The normalized spacial score (nSPS) is 18.6. The zero-order chi connectivity index (χ0) is 14.7. The van der Waals surface area contributed by atoms with Gasteiger partial charge in [-0.2, -0.15) is 0 Å². The van der Waals surface area contributed by atoms with E-state index in [-0.39, 0.29) is 0 Å². The van der Waals surface area contributed by atoms with Crippen LogP contribution in [-0.4, -0.2) is 28.0 Å². The van der Waals surface area contributed by atoms with Gasteiger partial charge < -0.3 is 0 Å². The van der Waals surface area contributed by atoms with Crippen LogP contribution in [0, 0.1) is 0 Å². The molecule has 5 heteroatoms. The molecule has 1 fully saturated rings. The van der Waals surface area contributed by atoms with Gasteiger partial charge >= 0.3 is 0 Å². The van der Waals surface area contributed by atoms with E-state index in [1.165, 1.54) is 0 Å². The third-order valence-corrected chi connectivity index (χ3v) is 4.41. The Labute approximate surface area is 132 Å². The molecule has 0 radical (unpaired) electrons. The maximum absolute atomic E-state index is 15.0. The molecule has 2 heterocycles. The Morgan fingerprint density at radius 3 is 2.43 bits per heavy atom. The molecule has 1 aliphatic rings. The predicted molar refractivity (Wildman–Crippen MR) is 83.5 cm³/mol. The van der Waals surface area contributed by atoms with Crippen LogP contribution in [0.25, 0.3) is 0 Å². The molecule has 0 unspecified atom stereocenters. The molecular formula is C16H17BrFN3. The molecule has 1 aromatic heterocycles. The van der Waals surface area contributed by atoms with Gasteiger partial charge in [0.1, 0.15) is 10.3 Å². The third-order valence-electron chi connectivity index (χ3n) is 4.00. The number of piperidine rings is 1. The van der Waals surface area contributed by atoms with Crippen molar-refractivity contribution in [3.05, 3.63) is 58.6 Å². The first-order valence-corrected chi connectivity index (χ1v) is 7.88. The lowest BCUT2D eigenvalue weighted by Gasteiger charge is -2.36. The van der Waals surface area contributed by atoms with Crippen molar-refractivity contribution in [2.24, 2.45) is 0 Å². The van der Waals surface area contributed by atoms with Crippen molar-refractivity contribution in [2.75, 3.05) is 13.1 Å². The van der Waals surface area contributed by atoms with Gasteiger partial charge in [0, 0.05) is 19.6 Å². The molecule has 0 aliphatic carbocycles. The van der Waals surface area contributed by atoms with Crippen LogP contribution < -0.4 is 0 Å². The molecule has 2 aromatic rings. The summed E-state index contributed by atoms with van der Waals surface area (Å²) in [4.78, 5) is 10.7. The van der Waals surface area contributed by atoms with Crippen LogP contribution in [0.5, 0.6) is 0 Å². The summed E-state index contributed by atoms with van der Waals surface area (Å²) in [6.07, 6.45) is 4.52. The van der Waals surface area contributed by atoms with E-state index in [1.807, 2.05) is 30.3 Å². The number of aromatic nitrogens is 2. The van der Waals surface area contributed by atoms with Crippen LogP contribution in [0.15, 0.2) is 47.3 Å². The SMILES string of the molecule is FC1(c2ccccc2)CCN(Cc2cnc(Br)cn2)CC1. The van der Waals surface area contributed by atoms with Gasteiger partial charge in [0.15, 0.2) is 0 Å². The summed E-state index contributed by atoms with van der Waals surface area (Å²) in [5.74, 6) is 0. The van der Waals surface area contributed by atoms with Gasteiger partial charge in [-0.25, -0.2) is 9.37 Å². The molecule has 0 amide bonds. The van der Waals surface area contributed by atoms with Crippen molar-refractivity contribution < 1.29 is 4.39 Å². The summed E-state index contributed by atoms with van der Waals surface area (Å²) in [5.41, 5.74) is 0.528. The lowest BCUT2D eigenvalue weighted by atomic mass is 9.86. The Kier molecular flexibility index (Phi) is 4.31. The van der Waals surface area contributed by atoms with Gasteiger partial charge in [0.2, 0.25) is 0 Å². The van der Waals surface area contributed by atoms with Gasteiger partial charge in [0.05, 0.1) is 18.1 Å². The van der Waals surface area contributed by atoms with Gasteiger partial charge in [-0.1, -0.05) is 30.3 Å². The average molecular weight is 350 g/mol. The molecule has 3 nitrogen and oxygen atoms in total. The maximum atomic E-state index is 15.0. The number of benzene rings is 1. The zero-order valence-electron chi connectivity index (χ0n) is 11.7. The molecule has 0 N–H and O–H groups in total. The Bertz CT molecular complexity index is 580. The molecule has 0 atom stereocenters. The van der Waals surface area contributed by atoms with E-state index >= 15 is 4.39 Å². The largest absolute Gasteiger partial charge is 0.297 e. The summed E-state index contributed by atoms with van der Waals surface area (Å²) < 4.78 is 15.7. The smallest absolute Gasteiger partial charge is 0.138 e. The third kappa shape index (κ3) is 3.47.